The number of nitro benzene ring substituents is 1. The molecule has 0 saturated carbocycles. The highest BCUT2D eigenvalue weighted by Gasteiger charge is 2.17. The minimum absolute atomic E-state index is 0.218. The monoisotopic (exact) mass is 414 g/mol. The molecular formula is C20H19FN4O5. The molecule has 1 amide bonds. The van der Waals surface area contributed by atoms with Gasteiger partial charge in [0, 0.05) is 23.9 Å². The number of anilines is 1. The van der Waals surface area contributed by atoms with Crippen molar-refractivity contribution in [3.05, 3.63) is 75.2 Å². The fourth-order valence-electron chi connectivity index (χ4n) is 2.83. The summed E-state index contributed by atoms with van der Waals surface area (Å²) in [4.78, 5) is 22.2. The van der Waals surface area contributed by atoms with Gasteiger partial charge in [0.25, 0.3) is 11.6 Å². The third kappa shape index (κ3) is 4.90. The van der Waals surface area contributed by atoms with Crippen LogP contribution in [0, 0.1) is 15.9 Å². The largest absolute Gasteiger partial charge is 0.497 e. The Balaban J connectivity index is 1.64. The molecule has 0 aliphatic rings. The average Bonchev–Trinajstić information content (AvgIpc) is 3.18. The van der Waals surface area contributed by atoms with E-state index in [0.717, 1.165) is 23.4 Å². The van der Waals surface area contributed by atoms with Crippen molar-refractivity contribution in [2.45, 2.75) is 12.8 Å². The number of carbonyl (C=O) groups is 1. The summed E-state index contributed by atoms with van der Waals surface area (Å²) in [7, 11) is 3.16. The van der Waals surface area contributed by atoms with E-state index in [9.17, 15) is 19.3 Å². The first-order valence-electron chi connectivity index (χ1n) is 8.91. The molecule has 1 aromatic heterocycles. The third-order valence-corrected chi connectivity index (χ3v) is 4.37. The summed E-state index contributed by atoms with van der Waals surface area (Å²) < 4.78 is 24.5. The second-order valence-electron chi connectivity index (χ2n) is 6.37. The SMILES string of the molecule is COc1cc(CCc2cc(NC(=O)c3ccc([N+](=O)[O-])cc3F)n[nH]2)cc(OC)c1. The van der Waals surface area contributed by atoms with Gasteiger partial charge < -0.3 is 14.8 Å². The normalized spacial score (nSPS) is 10.5. The topological polar surface area (TPSA) is 119 Å². The maximum Gasteiger partial charge on any atom is 0.272 e. The van der Waals surface area contributed by atoms with Crippen molar-refractivity contribution in [1.82, 2.24) is 10.2 Å². The first kappa shape index (κ1) is 20.8. The number of carbonyl (C=O) groups excluding carboxylic acids is 1. The van der Waals surface area contributed by atoms with E-state index in [4.69, 9.17) is 9.47 Å². The van der Waals surface area contributed by atoms with Crippen LogP contribution in [0.15, 0.2) is 42.5 Å². The zero-order chi connectivity index (χ0) is 21.7. The predicted molar refractivity (Wildman–Crippen MR) is 107 cm³/mol. The molecule has 0 atom stereocenters. The zero-order valence-electron chi connectivity index (χ0n) is 16.3. The Labute approximate surface area is 171 Å². The Hall–Kier alpha value is -3.95. The first-order chi connectivity index (χ1) is 14.4. The molecule has 1 heterocycles. The van der Waals surface area contributed by atoms with E-state index in [0.29, 0.717) is 30.4 Å². The molecule has 0 spiro atoms. The van der Waals surface area contributed by atoms with E-state index in [-0.39, 0.29) is 11.4 Å². The van der Waals surface area contributed by atoms with Crippen molar-refractivity contribution in [3.63, 3.8) is 0 Å². The molecule has 10 heteroatoms. The van der Waals surface area contributed by atoms with Crippen LogP contribution in [0.4, 0.5) is 15.9 Å². The highest BCUT2D eigenvalue weighted by atomic mass is 19.1. The van der Waals surface area contributed by atoms with Gasteiger partial charge in [-0.2, -0.15) is 5.10 Å². The van der Waals surface area contributed by atoms with Crippen molar-refractivity contribution in [2.75, 3.05) is 19.5 Å². The Morgan fingerprint density at radius 1 is 1.13 bits per heavy atom. The molecule has 2 aromatic carbocycles. The van der Waals surface area contributed by atoms with Gasteiger partial charge in [0.2, 0.25) is 0 Å². The molecule has 156 valence electrons. The van der Waals surface area contributed by atoms with Gasteiger partial charge >= 0.3 is 0 Å². The Bertz CT molecular complexity index is 1060. The van der Waals surface area contributed by atoms with Gasteiger partial charge in [0.15, 0.2) is 5.82 Å². The molecule has 9 nitrogen and oxygen atoms in total. The lowest BCUT2D eigenvalue weighted by Crippen LogP contribution is -2.14. The van der Waals surface area contributed by atoms with Crippen molar-refractivity contribution >= 4 is 17.4 Å². The van der Waals surface area contributed by atoms with E-state index in [1.165, 1.54) is 0 Å². The predicted octanol–water partition coefficient (Wildman–Crippen LogP) is 3.51. The van der Waals surface area contributed by atoms with E-state index >= 15 is 0 Å². The molecule has 0 aliphatic heterocycles. The lowest BCUT2D eigenvalue weighted by molar-refractivity contribution is -0.385. The van der Waals surface area contributed by atoms with Gasteiger partial charge in [-0.3, -0.25) is 20.0 Å². The third-order valence-electron chi connectivity index (χ3n) is 4.37. The van der Waals surface area contributed by atoms with Gasteiger partial charge in [0.1, 0.15) is 17.3 Å². The van der Waals surface area contributed by atoms with Crippen LogP contribution < -0.4 is 14.8 Å². The van der Waals surface area contributed by atoms with Crippen molar-refractivity contribution in [2.24, 2.45) is 0 Å². The minimum atomic E-state index is -0.982. The number of aromatic amines is 1. The molecular weight excluding hydrogens is 395 g/mol. The van der Waals surface area contributed by atoms with Gasteiger partial charge in [-0.05, 0) is 36.6 Å². The number of ether oxygens (including phenoxy) is 2. The van der Waals surface area contributed by atoms with Gasteiger partial charge in [0.05, 0.1) is 30.8 Å². The lowest BCUT2D eigenvalue weighted by Gasteiger charge is -2.08. The number of hydrogen-bond donors (Lipinski definition) is 2. The zero-order valence-corrected chi connectivity index (χ0v) is 16.3. The number of H-pyrrole nitrogens is 1. The summed E-state index contributed by atoms with van der Waals surface area (Å²) in [5.74, 6) is -0.141. The van der Waals surface area contributed by atoms with Crippen LogP contribution in [0.2, 0.25) is 0 Å². The summed E-state index contributed by atoms with van der Waals surface area (Å²) in [5.41, 5.74) is 1.02. The summed E-state index contributed by atoms with van der Waals surface area (Å²) in [6.45, 7) is 0. The Kier molecular flexibility index (Phi) is 6.26. The summed E-state index contributed by atoms with van der Waals surface area (Å²) in [6.07, 6.45) is 1.27. The number of nitrogens with zero attached hydrogens (tertiary/aromatic N) is 2. The quantitative estimate of drug-likeness (QED) is 0.430. The fourth-order valence-corrected chi connectivity index (χ4v) is 2.83. The van der Waals surface area contributed by atoms with Crippen LogP contribution in [-0.4, -0.2) is 35.2 Å². The number of hydrogen-bond acceptors (Lipinski definition) is 6. The molecule has 0 unspecified atom stereocenters. The maximum atomic E-state index is 14.0. The van der Waals surface area contributed by atoms with Crippen LogP contribution in [0.5, 0.6) is 11.5 Å². The summed E-state index contributed by atoms with van der Waals surface area (Å²) >= 11 is 0. The number of halogens is 1. The maximum absolute atomic E-state index is 14.0. The number of non-ortho nitro benzene ring substituents is 1. The van der Waals surface area contributed by atoms with E-state index in [2.05, 4.69) is 15.5 Å². The lowest BCUT2D eigenvalue weighted by atomic mass is 10.1. The number of aryl methyl sites for hydroxylation is 2. The number of nitro groups is 1. The molecule has 0 fully saturated rings. The van der Waals surface area contributed by atoms with Crippen LogP contribution >= 0.6 is 0 Å². The van der Waals surface area contributed by atoms with Crippen LogP contribution in [-0.2, 0) is 12.8 Å². The Morgan fingerprint density at radius 2 is 1.83 bits per heavy atom. The molecule has 0 bridgehead atoms. The number of aromatic nitrogens is 2. The molecule has 30 heavy (non-hydrogen) atoms. The highest BCUT2D eigenvalue weighted by Crippen LogP contribution is 2.24. The average molecular weight is 414 g/mol. The number of nitrogens with one attached hydrogen (secondary N) is 2. The minimum Gasteiger partial charge on any atom is -0.497 e. The second kappa shape index (κ2) is 9.03. The molecule has 0 aliphatic carbocycles. The number of methoxy groups -OCH3 is 2. The number of rotatable bonds is 8. The standard InChI is InChI=1S/C20H19FN4O5/c1-29-15-7-12(8-16(11-15)30-2)3-4-13-9-19(24-23-13)22-20(26)17-6-5-14(25(27)28)10-18(17)21/h5-11H,3-4H2,1-2H3,(H2,22,23,24,26). The smallest absolute Gasteiger partial charge is 0.272 e. The van der Waals surface area contributed by atoms with E-state index < -0.39 is 22.3 Å². The van der Waals surface area contributed by atoms with E-state index in [1.54, 1.807) is 26.4 Å². The molecule has 0 saturated heterocycles. The van der Waals surface area contributed by atoms with E-state index in [1.807, 2.05) is 12.1 Å². The summed E-state index contributed by atoms with van der Waals surface area (Å²) in [6, 6.07) is 10.1. The van der Waals surface area contributed by atoms with Crippen LogP contribution in [0.1, 0.15) is 21.6 Å². The van der Waals surface area contributed by atoms with Gasteiger partial charge in [-0.25, -0.2) is 4.39 Å². The van der Waals surface area contributed by atoms with Crippen molar-refractivity contribution in [3.8, 4) is 11.5 Å². The van der Waals surface area contributed by atoms with Crippen LogP contribution in [0.25, 0.3) is 0 Å². The Morgan fingerprint density at radius 3 is 2.43 bits per heavy atom. The second-order valence-corrected chi connectivity index (χ2v) is 6.37. The molecule has 2 N–H and O–H groups in total. The summed E-state index contributed by atoms with van der Waals surface area (Å²) in [5, 5.41) is 20.0. The van der Waals surface area contributed by atoms with Crippen molar-refractivity contribution in [1.29, 1.82) is 0 Å². The first-order valence-corrected chi connectivity index (χ1v) is 8.91. The van der Waals surface area contributed by atoms with Gasteiger partial charge in [-0.1, -0.05) is 0 Å². The fraction of sp³-hybridized carbons (Fsp3) is 0.200. The van der Waals surface area contributed by atoms with Gasteiger partial charge in [-0.15, -0.1) is 0 Å². The van der Waals surface area contributed by atoms with Crippen molar-refractivity contribution < 1.29 is 23.6 Å². The number of benzene rings is 2. The molecule has 3 rings (SSSR count). The molecule has 0 radical (unpaired) electrons. The number of amides is 1. The highest BCUT2D eigenvalue weighted by molar-refractivity contribution is 6.04. The molecule has 3 aromatic rings. The van der Waals surface area contributed by atoms with Crippen LogP contribution in [0.3, 0.4) is 0 Å².